The lowest BCUT2D eigenvalue weighted by Crippen LogP contribution is -2.34. The van der Waals surface area contributed by atoms with Gasteiger partial charge in [-0.15, -0.1) is 10.2 Å². The zero-order valence-corrected chi connectivity index (χ0v) is 14.2. The highest BCUT2D eigenvalue weighted by atomic mass is 32.1. The molecule has 2 amide bonds. The van der Waals surface area contributed by atoms with Crippen LogP contribution in [0.25, 0.3) is 0 Å². The highest BCUT2D eigenvalue weighted by Crippen LogP contribution is 2.27. The number of aromatic nitrogens is 5. The topological polar surface area (TPSA) is 143 Å². The second-order valence-corrected chi connectivity index (χ2v) is 6.22. The summed E-state index contributed by atoms with van der Waals surface area (Å²) in [5.41, 5.74) is 0. The first-order valence-electron chi connectivity index (χ1n) is 7.33. The number of nitrogens with zero attached hydrogens (tertiary/aromatic N) is 6. The Balaban J connectivity index is 0.000000701. The smallest absolute Gasteiger partial charge is 0.290 e. The molecule has 11 nitrogen and oxygen atoms in total. The van der Waals surface area contributed by atoms with Crippen molar-refractivity contribution in [2.75, 3.05) is 18.0 Å². The van der Waals surface area contributed by atoms with Crippen LogP contribution < -0.4 is 10.2 Å². The van der Waals surface area contributed by atoms with Crippen LogP contribution in [0, 0.1) is 12.8 Å². The zero-order chi connectivity index (χ0) is 18.2. The number of carbonyl (C=O) groups is 3. The Kier molecular flexibility index (Phi) is 6.51. The fraction of sp³-hybridized carbons (Fsp3) is 0.462. The van der Waals surface area contributed by atoms with Crippen LogP contribution in [0.2, 0.25) is 0 Å². The van der Waals surface area contributed by atoms with E-state index < -0.39 is 0 Å². The molecule has 3 rings (SSSR count). The van der Waals surface area contributed by atoms with Crippen molar-refractivity contribution in [3.8, 4) is 0 Å². The molecule has 12 heteroatoms. The number of carboxylic acid groups (broad SMARTS) is 1. The highest BCUT2D eigenvalue weighted by Gasteiger charge is 2.36. The maximum Gasteiger partial charge on any atom is 0.290 e. The second-order valence-electron chi connectivity index (χ2n) is 5.06. The van der Waals surface area contributed by atoms with E-state index in [4.69, 9.17) is 9.90 Å². The minimum Gasteiger partial charge on any atom is -0.483 e. The lowest BCUT2D eigenvalue weighted by Gasteiger charge is -2.12. The fourth-order valence-corrected chi connectivity index (χ4v) is 2.96. The minimum absolute atomic E-state index is 0.0902. The Labute approximate surface area is 146 Å². The first kappa shape index (κ1) is 18.4. The maximum atomic E-state index is 12.1. The molecule has 134 valence electrons. The van der Waals surface area contributed by atoms with Gasteiger partial charge in [-0.3, -0.25) is 24.0 Å². The number of hydrogen-bond acceptors (Lipinski definition) is 8. The number of aryl methyl sites for hydroxylation is 1. The Bertz CT molecular complexity index is 718. The lowest BCUT2D eigenvalue weighted by molar-refractivity contribution is -0.126. The highest BCUT2D eigenvalue weighted by molar-refractivity contribution is 7.15. The molecule has 3 heterocycles. The van der Waals surface area contributed by atoms with Crippen molar-refractivity contribution in [2.24, 2.45) is 5.92 Å². The largest absolute Gasteiger partial charge is 0.483 e. The van der Waals surface area contributed by atoms with E-state index in [1.165, 1.54) is 22.6 Å². The monoisotopic (exact) mass is 367 g/mol. The van der Waals surface area contributed by atoms with Gasteiger partial charge in [-0.1, -0.05) is 11.3 Å². The van der Waals surface area contributed by atoms with Crippen LogP contribution in [0.5, 0.6) is 0 Å². The number of carbonyl (C=O) groups excluding carboxylic acids is 2. The molecule has 0 spiro atoms. The van der Waals surface area contributed by atoms with Crippen LogP contribution in [-0.2, 0) is 20.9 Å². The summed E-state index contributed by atoms with van der Waals surface area (Å²) < 4.78 is 1.64. The van der Waals surface area contributed by atoms with Gasteiger partial charge in [-0.25, -0.2) is 4.98 Å². The summed E-state index contributed by atoms with van der Waals surface area (Å²) in [5.74, 6) is -0.572. The van der Waals surface area contributed by atoms with Crippen molar-refractivity contribution < 1.29 is 19.5 Å². The van der Waals surface area contributed by atoms with Gasteiger partial charge in [0.1, 0.15) is 17.7 Å². The molecule has 1 fully saturated rings. The fourth-order valence-electron chi connectivity index (χ4n) is 2.25. The molecular formula is C13H17N7O4S. The van der Waals surface area contributed by atoms with Crippen molar-refractivity contribution in [3.63, 3.8) is 0 Å². The van der Waals surface area contributed by atoms with Gasteiger partial charge in [-0.05, 0) is 6.92 Å². The van der Waals surface area contributed by atoms with E-state index in [2.05, 4.69) is 25.6 Å². The molecule has 2 N–H and O–H groups in total. The number of amides is 2. The minimum atomic E-state index is -0.354. The Morgan fingerprint density at radius 2 is 2.28 bits per heavy atom. The van der Waals surface area contributed by atoms with E-state index >= 15 is 0 Å². The number of hydrogen-bond donors (Lipinski definition) is 2. The third-order valence-electron chi connectivity index (χ3n) is 3.35. The van der Waals surface area contributed by atoms with Gasteiger partial charge in [0.2, 0.25) is 16.9 Å². The van der Waals surface area contributed by atoms with Crippen LogP contribution in [0.4, 0.5) is 5.13 Å². The summed E-state index contributed by atoms with van der Waals surface area (Å²) in [4.78, 5) is 37.9. The Morgan fingerprint density at radius 1 is 1.52 bits per heavy atom. The van der Waals surface area contributed by atoms with E-state index in [0.717, 1.165) is 5.01 Å². The van der Waals surface area contributed by atoms with Gasteiger partial charge in [0, 0.05) is 19.5 Å². The molecule has 2 aromatic heterocycles. The van der Waals surface area contributed by atoms with Crippen LogP contribution in [0.15, 0.2) is 12.7 Å². The molecule has 1 aliphatic heterocycles. The molecule has 1 aliphatic rings. The average molecular weight is 367 g/mol. The standard InChI is InChI=1S/C12H15N7O2S.CH2O2/c1-8-16-17-12(22-8)19-5-9(4-10(19)20)11(21)14-2-3-18-7-13-6-15-18;2-1-3/h6-7,9H,2-5H2,1H3,(H,14,21);1H,(H,2,3). The SMILES string of the molecule is Cc1nnc(N2CC(C(=O)NCCn3cncn3)CC2=O)s1.O=CO. The van der Waals surface area contributed by atoms with Crippen molar-refractivity contribution in [1.29, 1.82) is 0 Å². The van der Waals surface area contributed by atoms with Crippen LogP contribution >= 0.6 is 11.3 Å². The summed E-state index contributed by atoms with van der Waals surface area (Å²) in [6, 6.07) is 0. The average Bonchev–Trinajstić information content (AvgIpc) is 3.29. The normalized spacial score (nSPS) is 16.3. The Morgan fingerprint density at radius 3 is 2.88 bits per heavy atom. The molecule has 0 aliphatic carbocycles. The number of nitrogens with one attached hydrogen (secondary N) is 1. The third-order valence-corrected chi connectivity index (χ3v) is 4.21. The molecule has 0 radical (unpaired) electrons. The first-order valence-corrected chi connectivity index (χ1v) is 8.15. The molecule has 1 atom stereocenters. The maximum absolute atomic E-state index is 12.1. The van der Waals surface area contributed by atoms with Gasteiger partial charge >= 0.3 is 0 Å². The molecule has 2 aromatic rings. The van der Waals surface area contributed by atoms with E-state index in [0.29, 0.717) is 24.8 Å². The van der Waals surface area contributed by atoms with Gasteiger partial charge in [0.05, 0.1) is 12.5 Å². The van der Waals surface area contributed by atoms with Crippen molar-refractivity contribution in [1.82, 2.24) is 30.3 Å². The van der Waals surface area contributed by atoms with Gasteiger partial charge < -0.3 is 10.4 Å². The van der Waals surface area contributed by atoms with Crippen LogP contribution in [0.3, 0.4) is 0 Å². The molecule has 0 bridgehead atoms. The number of rotatable bonds is 5. The van der Waals surface area contributed by atoms with Crippen molar-refractivity contribution >= 4 is 34.8 Å². The van der Waals surface area contributed by atoms with E-state index in [1.807, 2.05) is 6.92 Å². The van der Waals surface area contributed by atoms with Gasteiger partial charge in [-0.2, -0.15) is 5.10 Å². The molecule has 0 saturated carbocycles. The molecule has 1 saturated heterocycles. The van der Waals surface area contributed by atoms with Gasteiger partial charge in [0.15, 0.2) is 0 Å². The van der Waals surface area contributed by atoms with Gasteiger partial charge in [0.25, 0.3) is 6.47 Å². The van der Waals surface area contributed by atoms with Crippen molar-refractivity contribution in [3.05, 3.63) is 17.7 Å². The summed E-state index contributed by atoms with van der Waals surface area (Å²) >= 11 is 1.35. The summed E-state index contributed by atoms with van der Waals surface area (Å²) in [5, 5.41) is 22.9. The quantitative estimate of drug-likeness (QED) is 0.661. The van der Waals surface area contributed by atoms with Crippen LogP contribution in [-0.4, -0.2) is 61.4 Å². The molecule has 0 aromatic carbocycles. The van der Waals surface area contributed by atoms with E-state index in [-0.39, 0.29) is 30.6 Å². The van der Waals surface area contributed by atoms with Crippen LogP contribution in [0.1, 0.15) is 11.4 Å². The third kappa shape index (κ3) is 5.04. The van der Waals surface area contributed by atoms with E-state index in [1.54, 1.807) is 11.0 Å². The summed E-state index contributed by atoms with van der Waals surface area (Å²) in [6.45, 7) is 2.93. The summed E-state index contributed by atoms with van der Waals surface area (Å²) in [6.07, 6.45) is 3.23. The lowest BCUT2D eigenvalue weighted by atomic mass is 10.1. The first-order chi connectivity index (χ1) is 12.0. The molecular weight excluding hydrogens is 350 g/mol. The van der Waals surface area contributed by atoms with Crippen molar-refractivity contribution in [2.45, 2.75) is 19.9 Å². The molecule has 1 unspecified atom stereocenters. The number of anilines is 1. The molecule has 25 heavy (non-hydrogen) atoms. The second kappa shape index (κ2) is 8.82. The van der Waals surface area contributed by atoms with E-state index in [9.17, 15) is 9.59 Å². The summed E-state index contributed by atoms with van der Waals surface area (Å²) in [7, 11) is 0. The predicted octanol–water partition coefficient (Wildman–Crippen LogP) is -0.692. The predicted molar refractivity (Wildman–Crippen MR) is 86.8 cm³/mol. The zero-order valence-electron chi connectivity index (χ0n) is 13.4. The Hall–Kier alpha value is -2.89.